The molecular formula is C31H38FN3O5. The van der Waals surface area contributed by atoms with Crippen LogP contribution in [0.3, 0.4) is 0 Å². The van der Waals surface area contributed by atoms with Crippen LogP contribution in [-0.4, -0.2) is 27.7 Å². The lowest BCUT2D eigenvalue weighted by atomic mass is 9.92. The van der Waals surface area contributed by atoms with Crippen molar-refractivity contribution < 1.29 is 23.8 Å². The second-order valence-corrected chi connectivity index (χ2v) is 11.2. The van der Waals surface area contributed by atoms with Gasteiger partial charge in [-0.05, 0) is 94.3 Å². The molecule has 4 rings (SSSR count). The maximum atomic E-state index is 14.0. The topological polar surface area (TPSA) is 102 Å². The molecule has 3 aromatic rings. The van der Waals surface area contributed by atoms with E-state index in [1.165, 1.54) is 29.7 Å². The molecule has 0 spiro atoms. The first-order chi connectivity index (χ1) is 18.8. The van der Waals surface area contributed by atoms with Gasteiger partial charge in [0, 0.05) is 43.4 Å². The number of hydrogen-bond donors (Lipinski definition) is 3. The molecule has 9 heteroatoms. The maximum absolute atomic E-state index is 14.0. The number of carbonyl (C=O) groups excluding carboxylic acids is 1. The van der Waals surface area contributed by atoms with E-state index in [0.717, 1.165) is 25.7 Å². The van der Waals surface area contributed by atoms with Crippen molar-refractivity contribution in [2.75, 3.05) is 0 Å². The van der Waals surface area contributed by atoms with Crippen LogP contribution in [-0.2, 0) is 17.4 Å². The van der Waals surface area contributed by atoms with Gasteiger partial charge < -0.3 is 19.1 Å². The van der Waals surface area contributed by atoms with E-state index in [1.54, 1.807) is 53.1 Å². The number of ether oxygens (including phenoxy) is 2. The molecule has 2 aromatic carbocycles. The van der Waals surface area contributed by atoms with Crippen LogP contribution in [0.1, 0.15) is 63.1 Å². The van der Waals surface area contributed by atoms with Crippen LogP contribution in [0.5, 0.6) is 17.2 Å². The Bertz CT molecular complexity index is 1430. The van der Waals surface area contributed by atoms with Crippen LogP contribution in [0.15, 0.2) is 47.4 Å². The van der Waals surface area contributed by atoms with E-state index >= 15 is 0 Å². The SMILES string of the molecule is CC(=O)NN[C@H]1CC[C@H](Oc2cc(=O)n(C)cc2-c2cc(C(C)(C)O)ccc2Oc2c(C)cc(F)cc2C)CC1. The van der Waals surface area contributed by atoms with Crippen molar-refractivity contribution in [3.8, 4) is 28.4 Å². The first kappa shape index (κ1) is 29.3. The molecular weight excluding hydrogens is 513 g/mol. The molecule has 1 saturated carbocycles. The van der Waals surface area contributed by atoms with Gasteiger partial charge in [0.2, 0.25) is 5.91 Å². The first-order valence-corrected chi connectivity index (χ1v) is 13.5. The second kappa shape index (κ2) is 11.8. The lowest BCUT2D eigenvalue weighted by molar-refractivity contribution is -0.120. The van der Waals surface area contributed by atoms with Crippen molar-refractivity contribution >= 4 is 5.91 Å². The molecule has 1 aliphatic rings. The maximum Gasteiger partial charge on any atom is 0.254 e. The number of benzene rings is 2. The zero-order chi connectivity index (χ0) is 29.2. The summed E-state index contributed by atoms with van der Waals surface area (Å²) in [5.41, 5.74) is 7.58. The van der Waals surface area contributed by atoms with Gasteiger partial charge in [-0.15, -0.1) is 0 Å². The van der Waals surface area contributed by atoms with Gasteiger partial charge in [-0.1, -0.05) is 6.07 Å². The van der Waals surface area contributed by atoms with Gasteiger partial charge in [0.1, 0.15) is 23.1 Å². The third-order valence-electron chi connectivity index (χ3n) is 7.22. The highest BCUT2D eigenvalue weighted by molar-refractivity contribution is 5.76. The molecule has 0 bridgehead atoms. The summed E-state index contributed by atoms with van der Waals surface area (Å²) in [6.45, 7) is 8.43. The lowest BCUT2D eigenvalue weighted by Gasteiger charge is -2.30. The fraction of sp³-hybridized carbons (Fsp3) is 0.419. The van der Waals surface area contributed by atoms with Gasteiger partial charge in [-0.2, -0.15) is 0 Å². The van der Waals surface area contributed by atoms with Crippen LogP contribution in [0.25, 0.3) is 11.1 Å². The number of pyridine rings is 1. The summed E-state index contributed by atoms with van der Waals surface area (Å²) in [5.74, 6) is 0.969. The average Bonchev–Trinajstić information content (AvgIpc) is 2.87. The van der Waals surface area contributed by atoms with Crippen molar-refractivity contribution in [3.05, 3.63) is 75.5 Å². The van der Waals surface area contributed by atoms with E-state index in [1.807, 2.05) is 6.07 Å². The number of aryl methyl sites for hydroxylation is 3. The van der Waals surface area contributed by atoms with E-state index in [0.29, 0.717) is 45.1 Å². The minimum atomic E-state index is -1.13. The van der Waals surface area contributed by atoms with Gasteiger partial charge in [0.25, 0.3) is 5.56 Å². The first-order valence-electron chi connectivity index (χ1n) is 13.5. The highest BCUT2D eigenvalue weighted by Crippen LogP contribution is 2.42. The predicted molar refractivity (Wildman–Crippen MR) is 152 cm³/mol. The van der Waals surface area contributed by atoms with E-state index in [9.17, 15) is 19.1 Å². The lowest BCUT2D eigenvalue weighted by Crippen LogP contribution is -2.45. The Balaban J connectivity index is 1.73. The molecule has 1 amide bonds. The highest BCUT2D eigenvalue weighted by atomic mass is 19.1. The van der Waals surface area contributed by atoms with Gasteiger partial charge in [0.05, 0.1) is 11.7 Å². The zero-order valence-corrected chi connectivity index (χ0v) is 23.9. The molecule has 0 radical (unpaired) electrons. The van der Waals surface area contributed by atoms with Crippen molar-refractivity contribution in [2.45, 2.75) is 78.0 Å². The number of hydrazine groups is 1. The van der Waals surface area contributed by atoms with Crippen molar-refractivity contribution in [1.29, 1.82) is 0 Å². The van der Waals surface area contributed by atoms with Crippen molar-refractivity contribution in [3.63, 3.8) is 0 Å². The smallest absolute Gasteiger partial charge is 0.254 e. The number of rotatable bonds is 8. The minimum Gasteiger partial charge on any atom is -0.490 e. The molecule has 1 aliphatic carbocycles. The fourth-order valence-electron chi connectivity index (χ4n) is 5.00. The summed E-state index contributed by atoms with van der Waals surface area (Å²) in [4.78, 5) is 23.9. The average molecular weight is 552 g/mol. The van der Waals surface area contributed by atoms with E-state index in [-0.39, 0.29) is 29.4 Å². The number of nitrogens with one attached hydrogen (secondary N) is 2. The highest BCUT2D eigenvalue weighted by Gasteiger charge is 2.26. The standard InChI is InChI=1S/C31H38FN3O5/c1-18-13-22(32)14-19(2)30(18)40-27-12-7-21(31(4,5)38)15-25(27)26-17-35(6)29(37)16-28(26)39-24-10-8-23(9-11-24)34-33-20(3)36/h7,12-17,23-24,34,38H,8-11H2,1-6H3,(H,33,36)/t23-,24-. The molecule has 0 unspecified atom stereocenters. The molecule has 1 fully saturated rings. The van der Waals surface area contributed by atoms with Crippen molar-refractivity contribution in [1.82, 2.24) is 15.4 Å². The van der Waals surface area contributed by atoms with Crippen molar-refractivity contribution in [2.24, 2.45) is 7.05 Å². The van der Waals surface area contributed by atoms with Crippen LogP contribution in [0.4, 0.5) is 4.39 Å². The number of aliphatic hydroxyl groups is 1. The molecule has 0 atom stereocenters. The Kier molecular flexibility index (Phi) is 8.65. The normalized spacial score (nSPS) is 17.4. The summed E-state index contributed by atoms with van der Waals surface area (Å²) in [6, 6.07) is 9.88. The Hall–Kier alpha value is -3.69. The Labute approximate surface area is 234 Å². The summed E-state index contributed by atoms with van der Waals surface area (Å²) in [5, 5.41) is 10.8. The summed E-state index contributed by atoms with van der Waals surface area (Å²) < 4.78 is 28.3. The minimum absolute atomic E-state index is 0.121. The van der Waals surface area contributed by atoms with E-state index in [2.05, 4.69) is 10.9 Å². The summed E-state index contributed by atoms with van der Waals surface area (Å²) in [7, 11) is 1.67. The van der Waals surface area contributed by atoms with Crippen LogP contribution < -0.4 is 25.9 Å². The third kappa shape index (κ3) is 6.89. The number of amides is 1. The van der Waals surface area contributed by atoms with Crippen LogP contribution in [0, 0.1) is 19.7 Å². The second-order valence-electron chi connectivity index (χ2n) is 11.2. The Morgan fingerprint density at radius 1 is 1.02 bits per heavy atom. The third-order valence-corrected chi connectivity index (χ3v) is 7.22. The Morgan fingerprint density at radius 2 is 1.68 bits per heavy atom. The van der Waals surface area contributed by atoms with Gasteiger partial charge in [-0.25, -0.2) is 9.82 Å². The van der Waals surface area contributed by atoms with Gasteiger partial charge in [0.15, 0.2) is 0 Å². The molecule has 0 aliphatic heterocycles. The number of hydrogen-bond acceptors (Lipinski definition) is 6. The Morgan fingerprint density at radius 3 is 2.27 bits per heavy atom. The van der Waals surface area contributed by atoms with E-state index < -0.39 is 5.60 Å². The molecule has 1 heterocycles. The molecule has 8 nitrogen and oxygen atoms in total. The van der Waals surface area contributed by atoms with E-state index in [4.69, 9.17) is 9.47 Å². The number of nitrogens with zero attached hydrogens (tertiary/aromatic N) is 1. The summed E-state index contributed by atoms with van der Waals surface area (Å²) in [6.07, 6.45) is 4.68. The largest absolute Gasteiger partial charge is 0.490 e. The quantitative estimate of drug-likeness (QED) is 0.335. The summed E-state index contributed by atoms with van der Waals surface area (Å²) >= 11 is 0. The number of halogens is 1. The fourth-order valence-corrected chi connectivity index (χ4v) is 5.00. The molecule has 40 heavy (non-hydrogen) atoms. The van der Waals surface area contributed by atoms with Gasteiger partial charge >= 0.3 is 0 Å². The molecule has 1 aromatic heterocycles. The van der Waals surface area contributed by atoms with Crippen LogP contribution in [0.2, 0.25) is 0 Å². The van der Waals surface area contributed by atoms with Gasteiger partial charge in [-0.3, -0.25) is 15.0 Å². The molecule has 214 valence electrons. The number of carbonyl (C=O) groups is 1. The monoisotopic (exact) mass is 551 g/mol. The zero-order valence-electron chi connectivity index (χ0n) is 23.9. The predicted octanol–water partition coefficient (Wildman–Crippen LogP) is 5.16. The van der Waals surface area contributed by atoms with Crippen LogP contribution >= 0.6 is 0 Å². The molecule has 0 saturated heterocycles. The molecule has 3 N–H and O–H groups in total. The number of aromatic nitrogens is 1.